The van der Waals surface area contributed by atoms with Gasteiger partial charge in [-0.15, -0.1) is 0 Å². The van der Waals surface area contributed by atoms with E-state index in [1.807, 2.05) is 30.3 Å². The van der Waals surface area contributed by atoms with Crippen LogP contribution in [0, 0.1) is 0 Å². The molecule has 2 aliphatic heterocycles. The van der Waals surface area contributed by atoms with Gasteiger partial charge in [0.15, 0.2) is 5.75 Å². The topological polar surface area (TPSA) is 33.7 Å². The molecule has 0 aliphatic carbocycles. The summed E-state index contributed by atoms with van der Waals surface area (Å²) in [5.41, 5.74) is 1.07. The molecule has 0 atom stereocenters. The fourth-order valence-electron chi connectivity index (χ4n) is 1.95. The quantitative estimate of drug-likeness (QED) is 0.718. The Hall–Kier alpha value is -1.68. The van der Waals surface area contributed by atoms with Crippen LogP contribution in [0.25, 0.3) is 6.08 Å². The highest BCUT2D eigenvalue weighted by Gasteiger charge is 2.20. The van der Waals surface area contributed by atoms with Crippen LogP contribution >= 0.6 is 0 Å². The summed E-state index contributed by atoms with van der Waals surface area (Å²) in [5.74, 6) is 1.58. The van der Waals surface area contributed by atoms with E-state index < -0.39 is 0 Å². The maximum Gasteiger partial charge on any atom is 0.247 e. The zero-order chi connectivity index (χ0) is 10.8. The summed E-state index contributed by atoms with van der Waals surface area (Å²) in [5, 5.41) is 3.31. The van der Waals surface area contributed by atoms with Gasteiger partial charge in [-0.2, -0.15) is 0 Å². The fourth-order valence-corrected chi connectivity index (χ4v) is 1.95. The molecule has 4 nitrogen and oxygen atoms in total. The maximum absolute atomic E-state index is 5.30. The second kappa shape index (κ2) is 4.06. The van der Waals surface area contributed by atoms with Gasteiger partial charge >= 0.3 is 0 Å². The summed E-state index contributed by atoms with van der Waals surface area (Å²) in [6.45, 7) is 3.89. The molecule has 0 bridgehead atoms. The van der Waals surface area contributed by atoms with E-state index in [1.54, 1.807) is 0 Å². The first-order valence-electron chi connectivity index (χ1n) is 5.54. The van der Waals surface area contributed by atoms with Gasteiger partial charge in [0.1, 0.15) is 0 Å². The summed E-state index contributed by atoms with van der Waals surface area (Å²) in [4.78, 5) is 12.7. The Kier molecular flexibility index (Phi) is 2.42. The zero-order valence-corrected chi connectivity index (χ0v) is 8.98. The van der Waals surface area contributed by atoms with E-state index in [9.17, 15) is 0 Å². The molecule has 4 heteroatoms. The van der Waals surface area contributed by atoms with Gasteiger partial charge in [-0.25, -0.2) is 0 Å². The van der Waals surface area contributed by atoms with E-state index in [1.165, 1.54) is 0 Å². The minimum Gasteiger partial charge on any atom is -0.337 e. The number of piperazine rings is 1. The highest BCUT2D eigenvalue weighted by Crippen LogP contribution is 2.27. The van der Waals surface area contributed by atoms with Crippen molar-refractivity contribution in [1.82, 2.24) is 10.2 Å². The Balaban J connectivity index is 1.85. The molecule has 1 fully saturated rings. The molecule has 2 aliphatic rings. The van der Waals surface area contributed by atoms with Crippen LogP contribution in [0.1, 0.15) is 5.56 Å². The van der Waals surface area contributed by atoms with Gasteiger partial charge in [-0.05, 0) is 6.07 Å². The second-order valence-electron chi connectivity index (χ2n) is 3.92. The van der Waals surface area contributed by atoms with Crippen LogP contribution in [0.15, 0.2) is 30.1 Å². The third-order valence-electron chi connectivity index (χ3n) is 2.84. The summed E-state index contributed by atoms with van der Waals surface area (Å²) in [6, 6.07) is 7.87. The van der Waals surface area contributed by atoms with Crippen LogP contribution in [0.5, 0.6) is 5.75 Å². The van der Waals surface area contributed by atoms with Gasteiger partial charge < -0.3 is 10.2 Å². The molecular formula is C12H14N2O2. The lowest BCUT2D eigenvalue weighted by Crippen LogP contribution is -2.43. The Morgan fingerprint density at radius 2 is 1.88 bits per heavy atom. The normalized spacial score (nSPS) is 19.2. The van der Waals surface area contributed by atoms with E-state index in [0.717, 1.165) is 43.4 Å². The van der Waals surface area contributed by atoms with Gasteiger partial charge in [-0.1, -0.05) is 18.2 Å². The summed E-state index contributed by atoms with van der Waals surface area (Å²) in [6.07, 6.45) is 2.03. The average Bonchev–Trinajstić information content (AvgIpc) is 2.39. The van der Waals surface area contributed by atoms with Crippen LogP contribution in [-0.2, 0) is 4.89 Å². The van der Waals surface area contributed by atoms with Crippen molar-refractivity contribution in [2.24, 2.45) is 0 Å². The number of rotatable bonds is 1. The lowest BCUT2D eigenvalue weighted by Gasteiger charge is -2.31. The highest BCUT2D eigenvalue weighted by molar-refractivity contribution is 5.59. The fraction of sp³-hybridized carbons (Fsp3) is 0.333. The van der Waals surface area contributed by atoms with Crippen LogP contribution < -0.4 is 10.2 Å². The minimum absolute atomic E-state index is 0.779. The summed E-state index contributed by atoms with van der Waals surface area (Å²) in [7, 11) is 0. The van der Waals surface area contributed by atoms with Crippen molar-refractivity contribution >= 4 is 6.08 Å². The molecule has 3 rings (SSSR count). The first kappa shape index (κ1) is 9.54. The van der Waals surface area contributed by atoms with Crippen molar-refractivity contribution in [3.05, 3.63) is 35.7 Å². The molecule has 0 amide bonds. The molecule has 0 spiro atoms. The predicted octanol–water partition coefficient (Wildman–Crippen LogP) is 1.21. The number of para-hydroxylation sites is 1. The number of fused-ring (bicyclic) bond motifs is 1. The van der Waals surface area contributed by atoms with E-state index in [2.05, 4.69) is 10.2 Å². The predicted molar refractivity (Wildman–Crippen MR) is 60.6 cm³/mol. The van der Waals surface area contributed by atoms with Crippen molar-refractivity contribution in [1.29, 1.82) is 0 Å². The van der Waals surface area contributed by atoms with Gasteiger partial charge in [0, 0.05) is 37.8 Å². The van der Waals surface area contributed by atoms with Crippen LogP contribution in [0.3, 0.4) is 0 Å². The Labute approximate surface area is 94.4 Å². The van der Waals surface area contributed by atoms with Crippen molar-refractivity contribution in [2.45, 2.75) is 0 Å². The molecule has 0 aromatic heterocycles. The minimum atomic E-state index is 0.779. The largest absolute Gasteiger partial charge is 0.337 e. The third-order valence-corrected chi connectivity index (χ3v) is 2.84. The van der Waals surface area contributed by atoms with E-state index in [-0.39, 0.29) is 0 Å². The van der Waals surface area contributed by atoms with Crippen molar-refractivity contribution in [2.75, 3.05) is 26.2 Å². The molecular weight excluding hydrogens is 204 g/mol. The van der Waals surface area contributed by atoms with Crippen LogP contribution in [0.4, 0.5) is 0 Å². The van der Waals surface area contributed by atoms with E-state index >= 15 is 0 Å². The zero-order valence-electron chi connectivity index (χ0n) is 8.98. The van der Waals surface area contributed by atoms with Crippen LogP contribution in [-0.4, -0.2) is 31.1 Å². The first-order valence-corrected chi connectivity index (χ1v) is 5.54. The average molecular weight is 218 g/mol. The maximum atomic E-state index is 5.30. The molecule has 0 saturated carbocycles. The second-order valence-corrected chi connectivity index (χ2v) is 3.92. The molecule has 84 valence electrons. The molecule has 16 heavy (non-hydrogen) atoms. The van der Waals surface area contributed by atoms with Crippen molar-refractivity contribution in [3.63, 3.8) is 0 Å². The number of nitrogens with zero attached hydrogens (tertiary/aromatic N) is 1. The Bertz CT molecular complexity index is 411. The third kappa shape index (κ3) is 1.72. The molecule has 0 unspecified atom stereocenters. The number of hydrogen-bond acceptors (Lipinski definition) is 4. The molecule has 0 radical (unpaired) electrons. The number of nitrogens with one attached hydrogen (secondary N) is 1. The monoisotopic (exact) mass is 218 g/mol. The molecule has 1 aromatic rings. The smallest absolute Gasteiger partial charge is 0.247 e. The molecule has 1 saturated heterocycles. The lowest BCUT2D eigenvalue weighted by molar-refractivity contribution is -0.192. The number of hydrogen-bond donors (Lipinski definition) is 1. The Morgan fingerprint density at radius 1 is 1.06 bits per heavy atom. The van der Waals surface area contributed by atoms with Gasteiger partial charge in [0.05, 0.1) is 0 Å². The summed E-state index contributed by atoms with van der Waals surface area (Å²) >= 11 is 0. The van der Waals surface area contributed by atoms with Gasteiger partial charge in [0.2, 0.25) is 5.88 Å². The standard InChI is InChI=1S/C12H14N2O2/c1-2-4-11-10(3-1)9-12(16-15-11)14-7-5-13-6-8-14/h1-4,9,13H,5-8H2. The van der Waals surface area contributed by atoms with Crippen molar-refractivity contribution in [3.8, 4) is 5.75 Å². The highest BCUT2D eigenvalue weighted by atomic mass is 17.2. The van der Waals surface area contributed by atoms with Crippen LogP contribution in [0.2, 0.25) is 0 Å². The first-order chi connectivity index (χ1) is 7.93. The number of benzene rings is 1. The SMILES string of the molecule is C1=C(N2CCNCC2)OOc2ccccc21. The molecule has 2 heterocycles. The lowest BCUT2D eigenvalue weighted by atomic mass is 10.2. The van der Waals surface area contributed by atoms with Gasteiger partial charge in [0.25, 0.3) is 0 Å². The van der Waals surface area contributed by atoms with Crippen molar-refractivity contribution < 1.29 is 9.78 Å². The van der Waals surface area contributed by atoms with Gasteiger partial charge in [-0.3, -0.25) is 9.78 Å². The summed E-state index contributed by atoms with van der Waals surface area (Å²) < 4.78 is 0. The molecule has 1 N–H and O–H groups in total. The Morgan fingerprint density at radius 3 is 2.75 bits per heavy atom. The van der Waals surface area contributed by atoms with E-state index in [4.69, 9.17) is 9.78 Å². The van der Waals surface area contributed by atoms with E-state index in [0.29, 0.717) is 0 Å². The molecule has 1 aromatic carbocycles.